The fourth-order valence-corrected chi connectivity index (χ4v) is 2.49. The summed E-state index contributed by atoms with van der Waals surface area (Å²) in [5.74, 6) is 0. The van der Waals surface area contributed by atoms with E-state index in [9.17, 15) is 0 Å². The van der Waals surface area contributed by atoms with Crippen molar-refractivity contribution in [3.63, 3.8) is 0 Å². The van der Waals surface area contributed by atoms with E-state index in [0.717, 1.165) is 4.47 Å². The fourth-order valence-electron chi connectivity index (χ4n) is 2.14. The molecule has 3 heteroatoms. The molecule has 0 bridgehead atoms. The molecule has 1 aliphatic rings. The van der Waals surface area contributed by atoms with Gasteiger partial charge in [-0.1, -0.05) is 22.0 Å². The minimum absolute atomic E-state index is 0.624. The maximum atomic E-state index is 5.77. The lowest BCUT2D eigenvalue weighted by Gasteiger charge is -2.30. The molecule has 2 N–H and O–H groups in total. The van der Waals surface area contributed by atoms with Crippen LogP contribution >= 0.6 is 15.9 Å². The van der Waals surface area contributed by atoms with Crippen LogP contribution in [-0.4, -0.2) is 13.1 Å². The van der Waals surface area contributed by atoms with Gasteiger partial charge in [-0.3, -0.25) is 0 Å². The minimum Gasteiger partial charge on any atom is -0.371 e. The Bertz CT molecular complexity index is 332. The summed E-state index contributed by atoms with van der Waals surface area (Å²) in [6, 6.07) is 6.37. The number of nitrogens with two attached hydrogens (primary N) is 1. The monoisotopic (exact) mass is 268 g/mol. The van der Waals surface area contributed by atoms with Crippen molar-refractivity contribution in [2.75, 3.05) is 18.0 Å². The Labute approximate surface area is 99.6 Å². The zero-order valence-corrected chi connectivity index (χ0v) is 10.5. The van der Waals surface area contributed by atoms with E-state index >= 15 is 0 Å². The van der Waals surface area contributed by atoms with Gasteiger partial charge in [0.1, 0.15) is 0 Å². The van der Waals surface area contributed by atoms with Crippen LogP contribution in [0.15, 0.2) is 22.7 Å². The van der Waals surface area contributed by atoms with Gasteiger partial charge in [0.15, 0.2) is 0 Å². The van der Waals surface area contributed by atoms with Gasteiger partial charge >= 0.3 is 0 Å². The highest BCUT2D eigenvalue weighted by atomic mass is 79.9. The normalized spacial score (nSPS) is 16.8. The number of rotatable bonds is 2. The van der Waals surface area contributed by atoms with Crippen molar-refractivity contribution in [1.82, 2.24) is 0 Å². The summed E-state index contributed by atoms with van der Waals surface area (Å²) in [6.07, 6.45) is 3.97. The van der Waals surface area contributed by atoms with Gasteiger partial charge in [-0.05, 0) is 37.0 Å². The quantitative estimate of drug-likeness (QED) is 0.894. The lowest BCUT2D eigenvalue weighted by Crippen LogP contribution is -2.30. The minimum atomic E-state index is 0.624. The third kappa shape index (κ3) is 2.52. The van der Waals surface area contributed by atoms with Crippen LogP contribution in [0.3, 0.4) is 0 Å². The predicted molar refractivity (Wildman–Crippen MR) is 68.1 cm³/mol. The van der Waals surface area contributed by atoms with Crippen molar-refractivity contribution in [2.45, 2.75) is 25.8 Å². The maximum absolute atomic E-state index is 5.77. The molecule has 1 heterocycles. The third-order valence-corrected chi connectivity index (χ3v) is 3.46. The number of halogens is 1. The highest BCUT2D eigenvalue weighted by Gasteiger charge is 2.13. The standard InChI is InChI=1S/C12H17BrN2/c13-11-5-4-10(9-14)12(8-11)15-6-2-1-3-7-15/h4-5,8H,1-3,6-7,9,14H2. The fraction of sp³-hybridized carbons (Fsp3) is 0.500. The van der Waals surface area contributed by atoms with Gasteiger partial charge in [-0.2, -0.15) is 0 Å². The molecule has 0 aromatic heterocycles. The van der Waals surface area contributed by atoms with E-state index in [4.69, 9.17) is 5.73 Å². The van der Waals surface area contributed by atoms with Crippen molar-refractivity contribution < 1.29 is 0 Å². The Hall–Kier alpha value is -0.540. The first-order valence-corrected chi connectivity index (χ1v) is 6.34. The van der Waals surface area contributed by atoms with Crippen LogP contribution in [0, 0.1) is 0 Å². The molecule has 2 nitrogen and oxygen atoms in total. The number of benzene rings is 1. The average molecular weight is 269 g/mol. The number of anilines is 1. The zero-order chi connectivity index (χ0) is 10.7. The van der Waals surface area contributed by atoms with E-state index in [1.807, 2.05) is 0 Å². The van der Waals surface area contributed by atoms with Gasteiger partial charge in [0.05, 0.1) is 0 Å². The molecule has 1 aliphatic heterocycles. The van der Waals surface area contributed by atoms with Crippen LogP contribution in [0.5, 0.6) is 0 Å². The predicted octanol–water partition coefficient (Wildman–Crippen LogP) is 2.90. The van der Waals surface area contributed by atoms with E-state index in [1.165, 1.54) is 43.6 Å². The van der Waals surface area contributed by atoms with Crippen LogP contribution in [0.2, 0.25) is 0 Å². The molecular formula is C12H17BrN2. The second-order valence-electron chi connectivity index (χ2n) is 4.02. The topological polar surface area (TPSA) is 29.3 Å². The summed E-state index contributed by atoms with van der Waals surface area (Å²) in [4.78, 5) is 2.45. The zero-order valence-electron chi connectivity index (χ0n) is 8.88. The molecule has 0 spiro atoms. The van der Waals surface area contributed by atoms with Crippen molar-refractivity contribution in [3.8, 4) is 0 Å². The second kappa shape index (κ2) is 4.99. The summed E-state index contributed by atoms with van der Waals surface area (Å²) in [6.45, 7) is 2.96. The smallest absolute Gasteiger partial charge is 0.0423 e. The molecule has 1 aromatic rings. The van der Waals surface area contributed by atoms with Gasteiger partial charge in [-0.15, -0.1) is 0 Å². The van der Waals surface area contributed by atoms with Crippen molar-refractivity contribution in [1.29, 1.82) is 0 Å². The van der Waals surface area contributed by atoms with E-state index in [1.54, 1.807) is 0 Å². The SMILES string of the molecule is NCc1ccc(Br)cc1N1CCCCC1. The van der Waals surface area contributed by atoms with E-state index in [0.29, 0.717) is 6.54 Å². The van der Waals surface area contributed by atoms with Gasteiger partial charge in [0, 0.05) is 29.8 Å². The van der Waals surface area contributed by atoms with Crippen LogP contribution in [-0.2, 0) is 6.54 Å². The molecule has 2 rings (SSSR count). The van der Waals surface area contributed by atoms with Crippen LogP contribution < -0.4 is 10.6 Å². The first-order chi connectivity index (χ1) is 7.31. The second-order valence-corrected chi connectivity index (χ2v) is 4.94. The molecule has 1 fully saturated rings. The molecule has 15 heavy (non-hydrogen) atoms. The van der Waals surface area contributed by atoms with Crippen molar-refractivity contribution in [3.05, 3.63) is 28.2 Å². The van der Waals surface area contributed by atoms with E-state index in [2.05, 4.69) is 39.0 Å². The lowest BCUT2D eigenvalue weighted by atomic mass is 10.1. The molecule has 0 saturated carbocycles. The molecule has 0 radical (unpaired) electrons. The highest BCUT2D eigenvalue weighted by Crippen LogP contribution is 2.27. The number of piperidine rings is 1. The Morgan fingerprint density at radius 2 is 1.93 bits per heavy atom. The van der Waals surface area contributed by atoms with Crippen LogP contribution in [0.25, 0.3) is 0 Å². The highest BCUT2D eigenvalue weighted by molar-refractivity contribution is 9.10. The summed E-state index contributed by atoms with van der Waals surface area (Å²) in [5.41, 5.74) is 8.33. The van der Waals surface area contributed by atoms with E-state index in [-0.39, 0.29) is 0 Å². The van der Waals surface area contributed by atoms with Crippen LogP contribution in [0.1, 0.15) is 24.8 Å². The average Bonchev–Trinajstić information content (AvgIpc) is 2.30. The Morgan fingerprint density at radius 3 is 2.60 bits per heavy atom. The Balaban J connectivity index is 2.27. The first kappa shape index (κ1) is 11.0. The Kier molecular flexibility index (Phi) is 3.65. The molecule has 0 unspecified atom stereocenters. The van der Waals surface area contributed by atoms with E-state index < -0.39 is 0 Å². The molecular weight excluding hydrogens is 252 g/mol. The first-order valence-electron chi connectivity index (χ1n) is 5.54. The molecule has 0 aliphatic carbocycles. The van der Waals surface area contributed by atoms with Gasteiger partial charge < -0.3 is 10.6 Å². The molecule has 0 amide bonds. The summed E-state index contributed by atoms with van der Waals surface area (Å²) < 4.78 is 1.14. The summed E-state index contributed by atoms with van der Waals surface area (Å²) >= 11 is 3.52. The number of hydrogen-bond acceptors (Lipinski definition) is 2. The van der Waals surface area contributed by atoms with Crippen molar-refractivity contribution >= 4 is 21.6 Å². The lowest BCUT2D eigenvalue weighted by molar-refractivity contribution is 0.576. The van der Waals surface area contributed by atoms with Crippen molar-refractivity contribution in [2.24, 2.45) is 5.73 Å². The third-order valence-electron chi connectivity index (χ3n) is 2.96. The Morgan fingerprint density at radius 1 is 1.20 bits per heavy atom. The maximum Gasteiger partial charge on any atom is 0.0423 e. The molecule has 82 valence electrons. The molecule has 1 saturated heterocycles. The van der Waals surface area contributed by atoms with Gasteiger partial charge in [0.25, 0.3) is 0 Å². The molecule has 1 aromatic carbocycles. The number of hydrogen-bond donors (Lipinski definition) is 1. The van der Waals surface area contributed by atoms with Gasteiger partial charge in [0.2, 0.25) is 0 Å². The van der Waals surface area contributed by atoms with Crippen LogP contribution in [0.4, 0.5) is 5.69 Å². The number of nitrogens with zero attached hydrogens (tertiary/aromatic N) is 1. The molecule has 0 atom stereocenters. The summed E-state index contributed by atoms with van der Waals surface area (Å²) in [5, 5.41) is 0. The largest absolute Gasteiger partial charge is 0.371 e. The summed E-state index contributed by atoms with van der Waals surface area (Å²) in [7, 11) is 0. The van der Waals surface area contributed by atoms with Gasteiger partial charge in [-0.25, -0.2) is 0 Å².